The van der Waals surface area contributed by atoms with Gasteiger partial charge in [-0.15, -0.1) is 0 Å². The van der Waals surface area contributed by atoms with E-state index in [4.69, 9.17) is 0 Å². The van der Waals surface area contributed by atoms with Crippen LogP contribution in [-0.4, -0.2) is 28.4 Å². The molecule has 1 aliphatic carbocycles. The number of rotatable bonds is 4. The number of carboxylic acids is 1. The number of carboxylic acid groups (broad SMARTS) is 1. The molecule has 0 aromatic carbocycles. The maximum atomic E-state index is 11.4. The molecule has 0 amide bonds. The Bertz CT molecular complexity index is 644. The molecule has 112 valence electrons. The number of hydrogen-bond donors (Lipinski definition) is 1. The van der Waals surface area contributed by atoms with Crippen LogP contribution in [0.3, 0.4) is 0 Å². The van der Waals surface area contributed by atoms with Crippen LogP contribution in [0.4, 0.5) is 0 Å². The van der Waals surface area contributed by atoms with Crippen molar-refractivity contribution in [2.24, 2.45) is 0 Å². The van der Waals surface area contributed by atoms with Crippen LogP contribution in [0.25, 0.3) is 5.65 Å². The maximum absolute atomic E-state index is 11.4. The molecule has 5 heteroatoms. The molecular formula is C16H21N3O2. The van der Waals surface area contributed by atoms with E-state index in [-0.39, 0.29) is 5.69 Å². The molecule has 0 aliphatic heterocycles. The third-order valence-electron chi connectivity index (χ3n) is 4.57. The number of hydrogen-bond acceptors (Lipinski definition) is 3. The number of aromatic carboxylic acids is 1. The smallest absolute Gasteiger partial charge is 0.137 e. The molecule has 2 heterocycles. The number of quaternary nitrogens is 1. The predicted molar refractivity (Wildman–Crippen MR) is 77.0 cm³/mol. The number of aromatic nitrogens is 2. The van der Waals surface area contributed by atoms with E-state index in [0.717, 1.165) is 5.69 Å². The quantitative estimate of drug-likeness (QED) is 0.864. The van der Waals surface area contributed by atoms with Gasteiger partial charge in [0.15, 0.2) is 0 Å². The van der Waals surface area contributed by atoms with E-state index in [0.29, 0.717) is 18.2 Å². The molecular weight excluding hydrogens is 266 g/mol. The van der Waals surface area contributed by atoms with Crippen molar-refractivity contribution >= 4 is 11.6 Å². The Morgan fingerprint density at radius 3 is 2.86 bits per heavy atom. The molecule has 5 nitrogen and oxygen atoms in total. The molecule has 1 aliphatic rings. The lowest BCUT2D eigenvalue weighted by molar-refractivity contribution is -0.921. The Morgan fingerprint density at radius 2 is 2.14 bits per heavy atom. The van der Waals surface area contributed by atoms with Gasteiger partial charge in [0.1, 0.15) is 23.6 Å². The highest BCUT2D eigenvalue weighted by atomic mass is 16.4. The summed E-state index contributed by atoms with van der Waals surface area (Å²) in [7, 11) is 2.15. The zero-order chi connectivity index (χ0) is 14.8. The fourth-order valence-corrected chi connectivity index (χ4v) is 3.38. The molecule has 1 saturated carbocycles. The van der Waals surface area contributed by atoms with E-state index in [9.17, 15) is 9.90 Å². The normalized spacial score (nSPS) is 18.0. The summed E-state index contributed by atoms with van der Waals surface area (Å²) < 4.78 is 1.87. The molecule has 0 spiro atoms. The van der Waals surface area contributed by atoms with Gasteiger partial charge in [-0.1, -0.05) is 12.5 Å². The van der Waals surface area contributed by atoms with Crippen molar-refractivity contribution in [3.05, 3.63) is 35.8 Å². The number of nitrogens with one attached hydrogen (secondary N) is 1. The molecule has 1 unspecified atom stereocenters. The number of nitrogens with zero attached hydrogens (tertiary/aromatic N) is 2. The van der Waals surface area contributed by atoms with Crippen molar-refractivity contribution in [2.45, 2.75) is 44.7 Å². The van der Waals surface area contributed by atoms with E-state index in [1.165, 1.54) is 37.0 Å². The van der Waals surface area contributed by atoms with Gasteiger partial charge in [-0.3, -0.25) is 4.40 Å². The zero-order valence-corrected chi connectivity index (χ0v) is 12.3. The first-order valence-corrected chi connectivity index (χ1v) is 7.66. The highest BCUT2D eigenvalue weighted by molar-refractivity contribution is 5.86. The van der Waals surface area contributed by atoms with Gasteiger partial charge in [0, 0.05) is 6.20 Å². The van der Waals surface area contributed by atoms with E-state index in [1.807, 2.05) is 28.8 Å². The van der Waals surface area contributed by atoms with Crippen molar-refractivity contribution in [1.29, 1.82) is 0 Å². The van der Waals surface area contributed by atoms with Gasteiger partial charge in [0.05, 0.1) is 19.1 Å². The second-order valence-corrected chi connectivity index (χ2v) is 5.98. The lowest BCUT2D eigenvalue weighted by atomic mass is 9.94. The Hall–Kier alpha value is -1.88. The highest BCUT2D eigenvalue weighted by Gasteiger charge is 2.24. The largest absolute Gasteiger partial charge is 0.543 e. The Labute approximate surface area is 124 Å². The third kappa shape index (κ3) is 2.78. The maximum Gasteiger partial charge on any atom is 0.137 e. The number of carbonyl (C=O) groups excluding carboxylic acids is 1. The summed E-state index contributed by atoms with van der Waals surface area (Å²) in [5.41, 5.74) is 1.49. The second-order valence-electron chi connectivity index (χ2n) is 5.98. The average molecular weight is 287 g/mol. The van der Waals surface area contributed by atoms with Crippen LogP contribution in [0.1, 0.15) is 48.3 Å². The molecule has 0 radical (unpaired) electrons. The van der Waals surface area contributed by atoms with Crippen LogP contribution >= 0.6 is 0 Å². The van der Waals surface area contributed by atoms with Crippen LogP contribution in [0.2, 0.25) is 0 Å². The van der Waals surface area contributed by atoms with Gasteiger partial charge in [-0.25, -0.2) is 4.98 Å². The van der Waals surface area contributed by atoms with Crippen LogP contribution < -0.4 is 10.0 Å². The lowest BCUT2D eigenvalue weighted by Crippen LogP contribution is -3.11. The number of carbonyl (C=O) groups is 1. The van der Waals surface area contributed by atoms with Crippen molar-refractivity contribution in [3.8, 4) is 0 Å². The first kappa shape index (κ1) is 14.1. The SMILES string of the molecule is C[NH+](Cc1c(C(=O)[O-])nc2ccccn12)C1CCCCC1. The van der Waals surface area contributed by atoms with Gasteiger partial charge < -0.3 is 14.8 Å². The van der Waals surface area contributed by atoms with Crippen molar-refractivity contribution in [3.63, 3.8) is 0 Å². The number of pyridine rings is 1. The second kappa shape index (κ2) is 5.85. The minimum Gasteiger partial charge on any atom is -0.543 e. The van der Waals surface area contributed by atoms with Gasteiger partial charge in [-0.05, 0) is 37.8 Å². The molecule has 1 atom stereocenters. The van der Waals surface area contributed by atoms with Crippen LogP contribution in [-0.2, 0) is 6.54 Å². The molecule has 0 bridgehead atoms. The summed E-state index contributed by atoms with van der Waals surface area (Å²) in [6.45, 7) is 0.666. The van der Waals surface area contributed by atoms with Crippen molar-refractivity contribution in [2.75, 3.05) is 7.05 Å². The highest BCUT2D eigenvalue weighted by Crippen LogP contribution is 2.16. The van der Waals surface area contributed by atoms with E-state index < -0.39 is 5.97 Å². The molecule has 2 aromatic heterocycles. The Morgan fingerprint density at radius 1 is 1.38 bits per heavy atom. The molecule has 2 aromatic rings. The molecule has 1 fully saturated rings. The van der Waals surface area contributed by atoms with E-state index in [2.05, 4.69) is 12.0 Å². The van der Waals surface area contributed by atoms with Crippen LogP contribution in [0, 0.1) is 0 Å². The monoisotopic (exact) mass is 287 g/mol. The number of imidazole rings is 1. The predicted octanol–water partition coefficient (Wildman–Crippen LogP) is 0.0452. The summed E-state index contributed by atoms with van der Waals surface area (Å²) in [4.78, 5) is 16.9. The van der Waals surface area contributed by atoms with Crippen molar-refractivity contribution < 1.29 is 14.8 Å². The van der Waals surface area contributed by atoms with Gasteiger partial charge in [-0.2, -0.15) is 0 Å². The number of fused-ring (bicyclic) bond motifs is 1. The minimum absolute atomic E-state index is 0.0800. The summed E-state index contributed by atoms with van der Waals surface area (Å²) in [6, 6.07) is 6.20. The molecule has 1 N–H and O–H groups in total. The Balaban J connectivity index is 1.91. The fourth-order valence-electron chi connectivity index (χ4n) is 3.38. The van der Waals surface area contributed by atoms with Crippen molar-refractivity contribution in [1.82, 2.24) is 9.38 Å². The summed E-state index contributed by atoms with van der Waals surface area (Å²) in [5.74, 6) is -1.19. The topological polar surface area (TPSA) is 61.9 Å². The third-order valence-corrected chi connectivity index (χ3v) is 4.57. The molecule has 3 rings (SSSR count). The standard InChI is InChI=1S/C16H21N3O2/c1-18(12-7-3-2-4-8-12)11-13-15(16(20)21)17-14-9-5-6-10-19(13)14/h5-6,9-10,12H,2-4,7-8,11H2,1H3,(H,20,21). The summed E-state index contributed by atoms with van der Waals surface area (Å²) in [6.07, 6.45) is 8.21. The van der Waals surface area contributed by atoms with Crippen LogP contribution in [0.15, 0.2) is 24.4 Å². The minimum atomic E-state index is -1.19. The van der Waals surface area contributed by atoms with E-state index >= 15 is 0 Å². The lowest BCUT2D eigenvalue weighted by Gasteiger charge is -2.28. The average Bonchev–Trinajstić information content (AvgIpc) is 2.87. The van der Waals surface area contributed by atoms with E-state index in [1.54, 1.807) is 0 Å². The van der Waals surface area contributed by atoms with Crippen LogP contribution in [0.5, 0.6) is 0 Å². The fraction of sp³-hybridized carbons (Fsp3) is 0.500. The first-order chi connectivity index (χ1) is 10.2. The van der Waals surface area contributed by atoms with Gasteiger partial charge >= 0.3 is 0 Å². The zero-order valence-electron chi connectivity index (χ0n) is 12.3. The Kier molecular flexibility index (Phi) is 3.92. The molecule has 21 heavy (non-hydrogen) atoms. The van der Waals surface area contributed by atoms with Gasteiger partial charge in [0.2, 0.25) is 0 Å². The summed E-state index contributed by atoms with van der Waals surface area (Å²) in [5, 5.41) is 11.4. The molecule has 0 saturated heterocycles. The first-order valence-electron chi connectivity index (χ1n) is 7.66. The van der Waals surface area contributed by atoms with Gasteiger partial charge in [0.25, 0.3) is 0 Å². The summed E-state index contributed by atoms with van der Waals surface area (Å²) >= 11 is 0.